The zero-order chi connectivity index (χ0) is 8.48. The van der Waals surface area contributed by atoms with Crippen molar-refractivity contribution in [1.29, 1.82) is 0 Å². The zero-order valence-electron chi connectivity index (χ0n) is 7.19. The van der Waals surface area contributed by atoms with Gasteiger partial charge in [-0.15, -0.1) is 11.6 Å². The lowest BCUT2D eigenvalue weighted by molar-refractivity contribution is -0.127. The second-order valence-electron chi connectivity index (χ2n) is 3.79. The molecule has 0 N–H and O–H groups in total. The van der Waals surface area contributed by atoms with Gasteiger partial charge in [0.25, 0.3) is 0 Å². The van der Waals surface area contributed by atoms with E-state index in [0.29, 0.717) is 11.2 Å². The zero-order valence-corrected chi connectivity index (χ0v) is 7.95. The van der Waals surface area contributed by atoms with Gasteiger partial charge in [0.05, 0.1) is 0 Å². The number of halogens is 1. The van der Waals surface area contributed by atoms with Crippen LogP contribution in [0.15, 0.2) is 0 Å². The Morgan fingerprint density at radius 3 is 2.27 bits per heavy atom. The Morgan fingerprint density at radius 1 is 1.45 bits per heavy atom. The first-order valence-corrected chi connectivity index (χ1v) is 4.63. The number of ketones is 1. The van der Waals surface area contributed by atoms with Gasteiger partial charge < -0.3 is 0 Å². The van der Waals surface area contributed by atoms with Crippen molar-refractivity contribution in [2.75, 3.05) is 0 Å². The van der Waals surface area contributed by atoms with Crippen LogP contribution in [0.1, 0.15) is 39.5 Å². The van der Waals surface area contributed by atoms with Gasteiger partial charge in [0.2, 0.25) is 0 Å². The predicted molar refractivity (Wildman–Crippen MR) is 46.9 cm³/mol. The van der Waals surface area contributed by atoms with Crippen LogP contribution in [0.5, 0.6) is 0 Å². The molecule has 1 fully saturated rings. The first-order chi connectivity index (χ1) is 5.04. The van der Waals surface area contributed by atoms with E-state index in [4.69, 9.17) is 11.6 Å². The van der Waals surface area contributed by atoms with E-state index < -0.39 is 0 Å². The Balaban J connectivity index is 2.55. The topological polar surface area (TPSA) is 17.1 Å². The molecule has 1 saturated carbocycles. The van der Waals surface area contributed by atoms with Gasteiger partial charge in [-0.25, -0.2) is 0 Å². The van der Waals surface area contributed by atoms with Gasteiger partial charge in [-0.05, 0) is 32.6 Å². The van der Waals surface area contributed by atoms with E-state index in [1.165, 1.54) is 0 Å². The molecule has 0 saturated heterocycles. The van der Waals surface area contributed by atoms with Gasteiger partial charge >= 0.3 is 0 Å². The molecular weight excluding hydrogens is 160 g/mol. The summed E-state index contributed by atoms with van der Waals surface area (Å²) in [5.41, 5.74) is -0.0641. The summed E-state index contributed by atoms with van der Waals surface area (Å²) in [5, 5.41) is 0.308. The van der Waals surface area contributed by atoms with Crippen LogP contribution >= 0.6 is 11.6 Å². The molecule has 11 heavy (non-hydrogen) atoms. The Labute approximate surface area is 73.1 Å². The van der Waals surface area contributed by atoms with Crippen molar-refractivity contribution in [3.05, 3.63) is 0 Å². The van der Waals surface area contributed by atoms with Gasteiger partial charge in [0.15, 0.2) is 0 Å². The van der Waals surface area contributed by atoms with E-state index in [0.717, 1.165) is 25.7 Å². The highest BCUT2D eigenvalue weighted by Gasteiger charge is 2.33. The third kappa shape index (κ3) is 1.96. The monoisotopic (exact) mass is 174 g/mol. The molecule has 0 aromatic carbocycles. The Bertz CT molecular complexity index is 157. The first-order valence-electron chi connectivity index (χ1n) is 4.20. The maximum Gasteiger partial charge on any atom is 0.135 e. The van der Waals surface area contributed by atoms with Crippen molar-refractivity contribution in [1.82, 2.24) is 0 Å². The van der Waals surface area contributed by atoms with Crippen LogP contribution in [0.25, 0.3) is 0 Å². The summed E-state index contributed by atoms with van der Waals surface area (Å²) in [4.78, 5) is 11.2. The summed E-state index contributed by atoms with van der Waals surface area (Å²) in [7, 11) is 0. The predicted octanol–water partition coefficient (Wildman–Crippen LogP) is 2.76. The van der Waals surface area contributed by atoms with E-state index in [1.807, 2.05) is 0 Å². The van der Waals surface area contributed by atoms with Crippen LogP contribution in [-0.4, -0.2) is 11.2 Å². The van der Waals surface area contributed by atoms with Crippen LogP contribution in [0, 0.1) is 5.41 Å². The molecule has 0 aromatic heterocycles. The number of hydrogen-bond acceptors (Lipinski definition) is 1. The van der Waals surface area contributed by atoms with Gasteiger partial charge in [-0.3, -0.25) is 4.79 Å². The fourth-order valence-electron chi connectivity index (χ4n) is 1.57. The Kier molecular flexibility index (Phi) is 2.58. The molecule has 64 valence electrons. The summed E-state index contributed by atoms with van der Waals surface area (Å²) < 4.78 is 0. The third-order valence-electron chi connectivity index (χ3n) is 2.87. The molecule has 0 heterocycles. The maximum absolute atomic E-state index is 11.2. The van der Waals surface area contributed by atoms with Crippen molar-refractivity contribution in [2.45, 2.75) is 44.9 Å². The Hall–Kier alpha value is -0.0400. The van der Waals surface area contributed by atoms with Gasteiger partial charge in [-0.2, -0.15) is 0 Å². The summed E-state index contributed by atoms with van der Waals surface area (Å²) >= 11 is 5.94. The molecule has 0 spiro atoms. The van der Waals surface area contributed by atoms with Gasteiger partial charge in [0.1, 0.15) is 5.78 Å². The summed E-state index contributed by atoms with van der Waals surface area (Å²) in [6, 6.07) is 0. The van der Waals surface area contributed by atoms with Crippen LogP contribution < -0.4 is 0 Å². The quantitative estimate of drug-likeness (QED) is 0.559. The molecule has 0 bridgehead atoms. The van der Waals surface area contributed by atoms with Crippen molar-refractivity contribution in [3.8, 4) is 0 Å². The number of Topliss-reactive ketones (excluding diaryl/α,β-unsaturated/α-hetero) is 1. The average molecular weight is 175 g/mol. The minimum atomic E-state index is -0.0641. The average Bonchev–Trinajstić information content (AvgIpc) is 1.95. The van der Waals surface area contributed by atoms with E-state index in [-0.39, 0.29) is 5.41 Å². The lowest BCUT2D eigenvalue weighted by Gasteiger charge is -2.32. The van der Waals surface area contributed by atoms with Crippen LogP contribution in [0.3, 0.4) is 0 Å². The number of alkyl halides is 1. The molecule has 1 nitrogen and oxygen atoms in total. The number of carbonyl (C=O) groups is 1. The van der Waals surface area contributed by atoms with Gasteiger partial charge in [-0.1, -0.05) is 6.92 Å². The number of rotatable bonds is 1. The van der Waals surface area contributed by atoms with Crippen molar-refractivity contribution in [3.63, 3.8) is 0 Å². The molecule has 1 aliphatic rings. The normalized spacial score (nSPS) is 38.6. The molecule has 0 aromatic rings. The van der Waals surface area contributed by atoms with Crippen LogP contribution in [0.2, 0.25) is 0 Å². The highest BCUT2D eigenvalue weighted by molar-refractivity contribution is 6.20. The van der Waals surface area contributed by atoms with E-state index in [9.17, 15) is 4.79 Å². The van der Waals surface area contributed by atoms with Crippen molar-refractivity contribution < 1.29 is 4.79 Å². The molecular formula is C9H15ClO. The maximum atomic E-state index is 11.2. The second-order valence-corrected chi connectivity index (χ2v) is 4.41. The minimum absolute atomic E-state index is 0.0641. The molecule has 0 unspecified atom stereocenters. The Morgan fingerprint density at radius 2 is 1.91 bits per heavy atom. The lowest BCUT2D eigenvalue weighted by Crippen LogP contribution is -2.31. The SMILES string of the molecule is CC(=O)C1(C)CCC(Cl)CC1. The van der Waals surface area contributed by atoms with E-state index >= 15 is 0 Å². The number of carbonyl (C=O) groups excluding carboxylic acids is 1. The fourth-order valence-corrected chi connectivity index (χ4v) is 1.79. The van der Waals surface area contributed by atoms with Crippen LogP contribution in [-0.2, 0) is 4.79 Å². The second kappa shape index (κ2) is 3.14. The smallest absolute Gasteiger partial charge is 0.135 e. The number of hydrogen-bond donors (Lipinski definition) is 0. The van der Waals surface area contributed by atoms with Gasteiger partial charge in [0, 0.05) is 10.8 Å². The minimum Gasteiger partial charge on any atom is -0.299 e. The molecule has 0 atom stereocenters. The van der Waals surface area contributed by atoms with Crippen molar-refractivity contribution in [2.24, 2.45) is 5.41 Å². The third-order valence-corrected chi connectivity index (χ3v) is 3.31. The first kappa shape index (κ1) is 9.05. The standard InChI is InChI=1S/C9H15ClO/c1-7(11)9(2)5-3-8(10)4-6-9/h8H,3-6H2,1-2H3. The molecule has 0 amide bonds. The summed E-state index contributed by atoms with van der Waals surface area (Å²) in [5.74, 6) is 0.320. The van der Waals surface area contributed by atoms with E-state index in [1.54, 1.807) is 6.92 Å². The fraction of sp³-hybridized carbons (Fsp3) is 0.889. The molecule has 2 heteroatoms. The highest BCUT2D eigenvalue weighted by Crippen LogP contribution is 2.38. The lowest BCUT2D eigenvalue weighted by atomic mass is 9.73. The summed E-state index contributed by atoms with van der Waals surface area (Å²) in [6.07, 6.45) is 3.93. The molecule has 1 rings (SSSR count). The van der Waals surface area contributed by atoms with Crippen LogP contribution in [0.4, 0.5) is 0 Å². The molecule has 1 aliphatic carbocycles. The van der Waals surface area contributed by atoms with Crippen molar-refractivity contribution >= 4 is 17.4 Å². The largest absolute Gasteiger partial charge is 0.299 e. The molecule has 0 radical (unpaired) electrons. The highest BCUT2D eigenvalue weighted by atomic mass is 35.5. The molecule has 0 aliphatic heterocycles. The summed E-state index contributed by atoms with van der Waals surface area (Å²) in [6.45, 7) is 3.74. The van der Waals surface area contributed by atoms with E-state index in [2.05, 4.69) is 6.92 Å².